The second kappa shape index (κ2) is 17.1. The van der Waals surface area contributed by atoms with Crippen LogP contribution >= 0.6 is 0 Å². The molecule has 10 nitrogen and oxygen atoms in total. The topological polar surface area (TPSA) is 133 Å². The SMILES string of the molecule is COc1cc(C(=O)Nc2cccc(-c3cccc(/C=C/c4cc(OC)c(CN5CCC[C@H]5C(=O)O)cc4C(F)(F)F)c3C)c2C)ncc1CNCCO. The molecule has 0 unspecified atom stereocenters. The van der Waals surface area contributed by atoms with Crippen molar-refractivity contribution in [3.8, 4) is 22.6 Å². The number of likely N-dealkylation sites (tertiary alicyclic amines) is 1. The lowest BCUT2D eigenvalue weighted by Gasteiger charge is -2.23. The molecule has 280 valence electrons. The van der Waals surface area contributed by atoms with Crippen LogP contribution in [0, 0.1) is 13.8 Å². The minimum Gasteiger partial charge on any atom is -0.496 e. The molecule has 1 aliphatic heterocycles. The zero-order valence-corrected chi connectivity index (χ0v) is 30.0. The number of aliphatic hydroxyl groups excluding tert-OH is 1. The van der Waals surface area contributed by atoms with Gasteiger partial charge in [-0.25, -0.2) is 0 Å². The first kappa shape index (κ1) is 39.0. The number of alkyl halides is 3. The third-order valence-electron chi connectivity index (χ3n) is 9.47. The molecule has 1 fully saturated rings. The molecule has 1 aromatic heterocycles. The summed E-state index contributed by atoms with van der Waals surface area (Å²) in [5.74, 6) is -0.705. The zero-order chi connectivity index (χ0) is 38.3. The Morgan fingerprint density at radius 1 is 0.962 bits per heavy atom. The molecule has 0 aliphatic carbocycles. The minimum absolute atomic E-state index is 0.0126. The Kier molecular flexibility index (Phi) is 12.5. The summed E-state index contributed by atoms with van der Waals surface area (Å²) < 4.78 is 54.3. The van der Waals surface area contributed by atoms with E-state index in [0.717, 1.165) is 33.9 Å². The lowest BCUT2D eigenvalue weighted by Crippen LogP contribution is -2.35. The fourth-order valence-corrected chi connectivity index (χ4v) is 6.62. The number of hydrogen-bond donors (Lipinski definition) is 4. The molecule has 53 heavy (non-hydrogen) atoms. The Bertz CT molecular complexity index is 2000. The summed E-state index contributed by atoms with van der Waals surface area (Å²) >= 11 is 0. The highest BCUT2D eigenvalue weighted by Gasteiger charge is 2.36. The molecule has 4 N–H and O–H groups in total. The Morgan fingerprint density at radius 2 is 1.64 bits per heavy atom. The van der Waals surface area contributed by atoms with Gasteiger partial charge in [-0.1, -0.05) is 42.5 Å². The van der Waals surface area contributed by atoms with E-state index in [2.05, 4.69) is 15.6 Å². The van der Waals surface area contributed by atoms with E-state index in [-0.39, 0.29) is 35.7 Å². The third kappa shape index (κ3) is 9.05. The number of benzene rings is 3. The number of nitrogens with one attached hydrogen (secondary N) is 2. The zero-order valence-electron chi connectivity index (χ0n) is 30.0. The second-order valence-electron chi connectivity index (χ2n) is 12.8. The fourth-order valence-electron chi connectivity index (χ4n) is 6.62. The number of carbonyl (C=O) groups excluding carboxylic acids is 1. The smallest absolute Gasteiger partial charge is 0.417 e. The van der Waals surface area contributed by atoms with Gasteiger partial charge in [-0.15, -0.1) is 0 Å². The highest BCUT2D eigenvalue weighted by atomic mass is 19.4. The summed E-state index contributed by atoms with van der Waals surface area (Å²) in [4.78, 5) is 31.0. The van der Waals surface area contributed by atoms with Crippen LogP contribution in [-0.4, -0.2) is 71.9 Å². The average Bonchev–Trinajstić information content (AvgIpc) is 3.60. The van der Waals surface area contributed by atoms with Gasteiger partial charge in [-0.2, -0.15) is 13.2 Å². The molecule has 2 heterocycles. The van der Waals surface area contributed by atoms with Gasteiger partial charge in [0.25, 0.3) is 5.91 Å². The summed E-state index contributed by atoms with van der Waals surface area (Å²) in [5.41, 5.74) is 4.75. The van der Waals surface area contributed by atoms with Crippen molar-refractivity contribution in [1.29, 1.82) is 0 Å². The highest BCUT2D eigenvalue weighted by Crippen LogP contribution is 2.39. The minimum atomic E-state index is -4.67. The van der Waals surface area contributed by atoms with Crippen molar-refractivity contribution < 1.29 is 42.4 Å². The monoisotopic (exact) mass is 732 g/mol. The van der Waals surface area contributed by atoms with Crippen LogP contribution in [0.25, 0.3) is 23.3 Å². The first-order chi connectivity index (χ1) is 25.4. The summed E-state index contributed by atoms with van der Waals surface area (Å²) in [5, 5.41) is 24.6. The molecule has 0 bridgehead atoms. The van der Waals surface area contributed by atoms with E-state index >= 15 is 0 Å². The van der Waals surface area contributed by atoms with E-state index in [1.54, 1.807) is 29.3 Å². The van der Waals surface area contributed by atoms with Crippen LogP contribution in [0.1, 0.15) is 62.3 Å². The first-order valence-electron chi connectivity index (χ1n) is 17.1. The normalized spacial score (nSPS) is 14.8. The maximum atomic E-state index is 14.4. The Hall–Kier alpha value is -5.24. The molecule has 1 amide bonds. The quantitative estimate of drug-likeness (QED) is 0.0803. The van der Waals surface area contributed by atoms with Gasteiger partial charge in [-0.3, -0.25) is 19.5 Å². The van der Waals surface area contributed by atoms with E-state index in [4.69, 9.17) is 14.6 Å². The number of nitrogens with zero attached hydrogens (tertiary/aromatic N) is 2. The lowest BCUT2D eigenvalue weighted by molar-refractivity contribution is -0.142. The number of pyridine rings is 1. The molecular formula is C40H43F3N4O6. The lowest BCUT2D eigenvalue weighted by atomic mass is 9.92. The number of ether oxygens (including phenoxy) is 2. The van der Waals surface area contributed by atoms with Crippen LogP contribution < -0.4 is 20.1 Å². The van der Waals surface area contributed by atoms with Crippen molar-refractivity contribution in [1.82, 2.24) is 15.2 Å². The number of anilines is 1. The number of methoxy groups -OCH3 is 2. The molecular weight excluding hydrogens is 689 g/mol. The van der Waals surface area contributed by atoms with Crippen LogP contribution in [-0.2, 0) is 24.1 Å². The van der Waals surface area contributed by atoms with Gasteiger partial charge in [0.05, 0.1) is 26.4 Å². The third-order valence-corrected chi connectivity index (χ3v) is 9.47. The molecule has 5 rings (SSSR count). The van der Waals surface area contributed by atoms with Crippen molar-refractivity contribution in [3.63, 3.8) is 0 Å². The van der Waals surface area contributed by atoms with Gasteiger partial charge in [0.2, 0.25) is 0 Å². The predicted molar refractivity (Wildman–Crippen MR) is 197 cm³/mol. The number of amides is 1. The number of halogens is 3. The second-order valence-corrected chi connectivity index (χ2v) is 12.8. The summed E-state index contributed by atoms with van der Waals surface area (Å²) in [6, 6.07) is 14.3. The fraction of sp³-hybridized carbons (Fsp3) is 0.325. The number of rotatable bonds is 14. The molecule has 3 aromatic carbocycles. The molecule has 1 saturated heterocycles. The van der Waals surface area contributed by atoms with Gasteiger partial charge in [-0.05, 0) is 84.8 Å². The van der Waals surface area contributed by atoms with Gasteiger partial charge < -0.3 is 30.3 Å². The van der Waals surface area contributed by atoms with Crippen molar-refractivity contribution in [2.24, 2.45) is 0 Å². The van der Waals surface area contributed by atoms with Crippen molar-refractivity contribution in [2.75, 3.05) is 39.2 Å². The maximum Gasteiger partial charge on any atom is 0.417 e. The van der Waals surface area contributed by atoms with Gasteiger partial charge in [0.15, 0.2) is 0 Å². The van der Waals surface area contributed by atoms with E-state index in [0.29, 0.717) is 49.5 Å². The number of carboxylic acids is 1. The first-order valence-corrected chi connectivity index (χ1v) is 17.1. The highest BCUT2D eigenvalue weighted by molar-refractivity contribution is 6.04. The van der Waals surface area contributed by atoms with Gasteiger partial charge in [0.1, 0.15) is 23.2 Å². The summed E-state index contributed by atoms with van der Waals surface area (Å²) in [6.07, 6.45) is 1.02. The number of aliphatic carboxylic acids is 1. The van der Waals surface area contributed by atoms with E-state index < -0.39 is 29.7 Å². The molecule has 13 heteroatoms. The van der Waals surface area contributed by atoms with Crippen LogP contribution in [0.5, 0.6) is 11.5 Å². The predicted octanol–water partition coefficient (Wildman–Crippen LogP) is 6.96. The number of aliphatic hydroxyl groups is 1. The number of carboxylic acid groups (broad SMARTS) is 1. The van der Waals surface area contributed by atoms with Crippen LogP contribution in [0.15, 0.2) is 60.8 Å². The van der Waals surface area contributed by atoms with E-state index in [1.165, 1.54) is 26.4 Å². The molecule has 0 spiro atoms. The molecule has 1 atom stereocenters. The Morgan fingerprint density at radius 3 is 2.32 bits per heavy atom. The molecule has 0 saturated carbocycles. The molecule has 4 aromatic rings. The number of hydrogen-bond acceptors (Lipinski definition) is 8. The largest absolute Gasteiger partial charge is 0.496 e. The van der Waals surface area contributed by atoms with Crippen molar-refractivity contribution in [2.45, 2.75) is 52.0 Å². The number of aromatic nitrogens is 1. The Labute approximate surface area is 306 Å². The summed E-state index contributed by atoms with van der Waals surface area (Å²) in [7, 11) is 2.89. The van der Waals surface area contributed by atoms with Crippen molar-refractivity contribution >= 4 is 29.7 Å². The molecule has 0 radical (unpaired) electrons. The van der Waals surface area contributed by atoms with E-state index in [1.807, 2.05) is 44.2 Å². The standard InChI is InChI=1S/C40H43F3N4O6/c1-24-26(13-14-27-19-36(52-3)28(18-32(27)40(41,42)43)23-47-16-7-12-35(47)39(50)51)8-5-9-30(24)31-10-6-11-33(25(31)2)46-38(49)34-20-37(53-4)29(22-45-34)21-44-15-17-48/h5-6,8-11,13-14,18-20,22,35,44,48H,7,12,15-17,21,23H2,1-4H3,(H,46,49)(H,50,51)/b14-13+/t35-/m0/s1. The van der Waals surface area contributed by atoms with Crippen LogP contribution in [0.3, 0.4) is 0 Å². The Balaban J connectivity index is 1.41. The van der Waals surface area contributed by atoms with E-state index in [9.17, 15) is 27.9 Å². The van der Waals surface area contributed by atoms with Crippen LogP contribution in [0.4, 0.5) is 18.9 Å². The van der Waals surface area contributed by atoms with Gasteiger partial charge in [0, 0.05) is 48.7 Å². The molecule has 1 aliphatic rings. The average molecular weight is 733 g/mol. The number of carbonyl (C=O) groups is 2. The van der Waals surface area contributed by atoms with Crippen LogP contribution in [0.2, 0.25) is 0 Å². The van der Waals surface area contributed by atoms with Gasteiger partial charge >= 0.3 is 12.1 Å². The summed E-state index contributed by atoms with van der Waals surface area (Å²) in [6.45, 7) is 5.05. The maximum absolute atomic E-state index is 14.4. The van der Waals surface area contributed by atoms with Crippen molar-refractivity contribution in [3.05, 3.63) is 105 Å².